The summed E-state index contributed by atoms with van der Waals surface area (Å²) in [4.78, 5) is 13.6. The van der Waals surface area contributed by atoms with Crippen molar-refractivity contribution in [1.29, 1.82) is 0 Å². The third kappa shape index (κ3) is 4.09. The minimum atomic E-state index is -2.92. The van der Waals surface area contributed by atoms with Gasteiger partial charge < -0.3 is 10.2 Å². The van der Waals surface area contributed by atoms with Crippen LogP contribution in [0.25, 0.3) is 0 Å². The summed E-state index contributed by atoms with van der Waals surface area (Å²) in [5.74, 6) is 0.253. The van der Waals surface area contributed by atoms with Gasteiger partial charge in [-0.3, -0.25) is 4.79 Å². The molecule has 0 aromatic heterocycles. The lowest BCUT2D eigenvalue weighted by Crippen LogP contribution is -2.54. The van der Waals surface area contributed by atoms with Gasteiger partial charge in [-0.25, -0.2) is 8.42 Å². The van der Waals surface area contributed by atoms with E-state index < -0.39 is 9.84 Å². The van der Waals surface area contributed by atoms with Crippen LogP contribution in [-0.4, -0.2) is 56.9 Å². The Kier molecular flexibility index (Phi) is 4.73. The summed E-state index contributed by atoms with van der Waals surface area (Å²) in [5.41, 5.74) is 0. The van der Waals surface area contributed by atoms with Crippen molar-refractivity contribution in [3.63, 3.8) is 0 Å². The largest absolute Gasteiger partial charge is 0.340 e. The molecule has 16 heavy (non-hydrogen) atoms. The van der Waals surface area contributed by atoms with Gasteiger partial charge in [-0.2, -0.15) is 0 Å². The Morgan fingerprint density at radius 2 is 2.19 bits per heavy atom. The predicted octanol–water partition coefficient (Wildman–Crippen LogP) is -0.368. The van der Waals surface area contributed by atoms with Crippen LogP contribution < -0.4 is 5.32 Å². The highest BCUT2D eigenvalue weighted by Crippen LogP contribution is 2.05. The van der Waals surface area contributed by atoms with E-state index in [0.29, 0.717) is 19.5 Å². The molecule has 5 nitrogen and oxygen atoms in total. The Bertz CT molecular complexity index is 340. The molecule has 1 aliphatic rings. The Morgan fingerprint density at radius 3 is 2.75 bits per heavy atom. The van der Waals surface area contributed by atoms with Gasteiger partial charge in [-0.1, -0.05) is 6.92 Å². The van der Waals surface area contributed by atoms with Crippen molar-refractivity contribution < 1.29 is 13.2 Å². The Hall–Kier alpha value is -0.620. The van der Waals surface area contributed by atoms with Crippen molar-refractivity contribution in [3.05, 3.63) is 0 Å². The first-order chi connectivity index (χ1) is 7.44. The minimum absolute atomic E-state index is 0.0908. The first-order valence-electron chi connectivity index (χ1n) is 5.64. The molecule has 94 valence electrons. The average Bonchev–Trinajstić information content (AvgIpc) is 2.19. The molecule has 1 N–H and O–H groups in total. The third-order valence-electron chi connectivity index (χ3n) is 2.73. The molecule has 1 fully saturated rings. The molecule has 1 saturated heterocycles. The smallest absolute Gasteiger partial charge is 0.239 e. The second-order valence-corrected chi connectivity index (χ2v) is 6.48. The molecule has 0 saturated carbocycles. The first-order valence-corrected chi connectivity index (χ1v) is 7.70. The maximum atomic E-state index is 11.8. The van der Waals surface area contributed by atoms with Crippen LogP contribution in [0.15, 0.2) is 0 Å². The predicted molar refractivity (Wildman–Crippen MR) is 63.0 cm³/mol. The number of nitrogens with zero attached hydrogens (tertiary/aromatic N) is 1. The van der Waals surface area contributed by atoms with E-state index in [1.54, 1.807) is 4.90 Å². The summed E-state index contributed by atoms with van der Waals surface area (Å²) in [6.45, 7) is 3.99. The molecule has 1 heterocycles. The maximum absolute atomic E-state index is 11.8. The number of nitrogens with one attached hydrogen (secondary N) is 1. The number of sulfone groups is 1. The van der Waals surface area contributed by atoms with Crippen molar-refractivity contribution in [3.8, 4) is 0 Å². The van der Waals surface area contributed by atoms with E-state index in [2.05, 4.69) is 5.32 Å². The van der Waals surface area contributed by atoms with Gasteiger partial charge in [0.25, 0.3) is 0 Å². The van der Waals surface area contributed by atoms with Gasteiger partial charge in [0.1, 0.15) is 9.84 Å². The summed E-state index contributed by atoms with van der Waals surface area (Å²) >= 11 is 0. The Balaban J connectivity index is 2.39. The molecular formula is C10H20N2O3S. The topological polar surface area (TPSA) is 66.5 Å². The first kappa shape index (κ1) is 13.4. The van der Waals surface area contributed by atoms with E-state index >= 15 is 0 Å². The minimum Gasteiger partial charge on any atom is -0.340 e. The monoisotopic (exact) mass is 248 g/mol. The van der Waals surface area contributed by atoms with E-state index in [1.807, 2.05) is 6.92 Å². The Labute approximate surface area is 97.1 Å². The fourth-order valence-corrected chi connectivity index (χ4v) is 2.50. The molecular weight excluding hydrogens is 228 g/mol. The average molecular weight is 248 g/mol. The molecule has 6 heteroatoms. The van der Waals surface area contributed by atoms with Crippen molar-refractivity contribution in [2.75, 3.05) is 31.6 Å². The van der Waals surface area contributed by atoms with Crippen molar-refractivity contribution in [2.45, 2.75) is 25.8 Å². The number of hydrogen-bond donors (Lipinski definition) is 1. The standard InChI is InChI=1S/C10H20N2O3S/c1-3-9-10(13)12(7-5-11-9)6-4-8-16(2,14)15/h9,11H,3-8H2,1-2H3. The number of rotatable bonds is 5. The van der Waals surface area contributed by atoms with Crippen molar-refractivity contribution in [1.82, 2.24) is 10.2 Å². The third-order valence-corrected chi connectivity index (χ3v) is 3.76. The van der Waals surface area contributed by atoms with E-state index in [0.717, 1.165) is 13.0 Å². The fraction of sp³-hybridized carbons (Fsp3) is 0.900. The molecule has 0 bridgehead atoms. The van der Waals surface area contributed by atoms with Gasteiger partial charge in [-0.05, 0) is 12.8 Å². The molecule has 1 unspecified atom stereocenters. The van der Waals surface area contributed by atoms with Crippen LogP contribution in [0.4, 0.5) is 0 Å². The number of carbonyl (C=O) groups is 1. The zero-order valence-corrected chi connectivity index (χ0v) is 10.7. The highest BCUT2D eigenvalue weighted by molar-refractivity contribution is 7.90. The van der Waals surface area contributed by atoms with Gasteiger partial charge >= 0.3 is 0 Å². The fourth-order valence-electron chi connectivity index (χ4n) is 1.85. The zero-order valence-electron chi connectivity index (χ0n) is 9.90. The van der Waals surface area contributed by atoms with Crippen LogP contribution in [0.1, 0.15) is 19.8 Å². The molecule has 0 aliphatic carbocycles. The van der Waals surface area contributed by atoms with Gasteiger partial charge in [0, 0.05) is 25.9 Å². The van der Waals surface area contributed by atoms with Gasteiger partial charge in [0.05, 0.1) is 11.8 Å². The molecule has 1 amide bonds. The zero-order chi connectivity index (χ0) is 12.2. The van der Waals surface area contributed by atoms with Crippen molar-refractivity contribution >= 4 is 15.7 Å². The van der Waals surface area contributed by atoms with Crippen LogP contribution in [0, 0.1) is 0 Å². The lowest BCUT2D eigenvalue weighted by atomic mass is 10.1. The van der Waals surface area contributed by atoms with Crippen LogP contribution in [-0.2, 0) is 14.6 Å². The molecule has 0 aromatic carbocycles. The molecule has 0 aromatic rings. The van der Waals surface area contributed by atoms with E-state index in [9.17, 15) is 13.2 Å². The summed E-state index contributed by atoms with van der Waals surface area (Å²) in [7, 11) is -2.92. The summed E-state index contributed by atoms with van der Waals surface area (Å²) in [6, 6.07) is -0.0908. The van der Waals surface area contributed by atoms with Crippen molar-refractivity contribution in [2.24, 2.45) is 0 Å². The molecule has 1 rings (SSSR count). The van der Waals surface area contributed by atoms with Crippen LogP contribution in [0.3, 0.4) is 0 Å². The lowest BCUT2D eigenvalue weighted by Gasteiger charge is -2.32. The maximum Gasteiger partial charge on any atom is 0.239 e. The van der Waals surface area contributed by atoms with Crippen LogP contribution in [0.5, 0.6) is 0 Å². The lowest BCUT2D eigenvalue weighted by molar-refractivity contribution is -0.135. The van der Waals surface area contributed by atoms with Gasteiger partial charge in [-0.15, -0.1) is 0 Å². The summed E-state index contributed by atoms with van der Waals surface area (Å²) in [6.07, 6.45) is 2.53. The second kappa shape index (κ2) is 5.63. The summed E-state index contributed by atoms with van der Waals surface area (Å²) < 4.78 is 21.9. The second-order valence-electron chi connectivity index (χ2n) is 4.22. The van der Waals surface area contributed by atoms with Gasteiger partial charge in [0.2, 0.25) is 5.91 Å². The number of piperazine rings is 1. The molecule has 0 spiro atoms. The Morgan fingerprint density at radius 1 is 1.50 bits per heavy atom. The van der Waals surface area contributed by atoms with E-state index in [1.165, 1.54) is 6.26 Å². The highest BCUT2D eigenvalue weighted by atomic mass is 32.2. The molecule has 1 aliphatic heterocycles. The number of hydrogen-bond acceptors (Lipinski definition) is 4. The van der Waals surface area contributed by atoms with Gasteiger partial charge in [0.15, 0.2) is 0 Å². The molecule has 0 radical (unpaired) electrons. The van der Waals surface area contributed by atoms with Crippen LogP contribution in [0.2, 0.25) is 0 Å². The van der Waals surface area contributed by atoms with E-state index in [-0.39, 0.29) is 17.7 Å². The number of carbonyl (C=O) groups excluding carboxylic acids is 1. The SMILES string of the molecule is CCC1NCCN(CCCS(C)(=O)=O)C1=O. The summed E-state index contributed by atoms with van der Waals surface area (Å²) in [5, 5.41) is 3.15. The van der Waals surface area contributed by atoms with E-state index in [4.69, 9.17) is 0 Å². The quantitative estimate of drug-likeness (QED) is 0.721. The van der Waals surface area contributed by atoms with Crippen LogP contribution >= 0.6 is 0 Å². The molecule has 1 atom stereocenters. The normalized spacial score (nSPS) is 22.5. The number of amides is 1. The highest BCUT2D eigenvalue weighted by Gasteiger charge is 2.26.